The molecule has 0 aromatic carbocycles. The SMILES string of the molecule is CC(C)(C)OC(=O)NC1CCCC1NCc1cc(C#N)cs1. The maximum atomic E-state index is 11.9. The van der Waals surface area contributed by atoms with Gasteiger partial charge < -0.3 is 15.4 Å². The van der Waals surface area contributed by atoms with Crippen molar-refractivity contribution in [3.63, 3.8) is 0 Å². The van der Waals surface area contributed by atoms with Gasteiger partial charge in [-0.25, -0.2) is 4.79 Å². The van der Waals surface area contributed by atoms with E-state index in [2.05, 4.69) is 16.7 Å². The largest absolute Gasteiger partial charge is 0.444 e. The highest BCUT2D eigenvalue weighted by atomic mass is 32.1. The Morgan fingerprint density at radius 1 is 1.45 bits per heavy atom. The Hall–Kier alpha value is -1.58. The van der Waals surface area contributed by atoms with Crippen LogP contribution in [0.1, 0.15) is 50.5 Å². The van der Waals surface area contributed by atoms with Crippen LogP contribution in [0.5, 0.6) is 0 Å². The Kier molecular flexibility index (Phi) is 5.43. The molecule has 22 heavy (non-hydrogen) atoms. The highest BCUT2D eigenvalue weighted by molar-refractivity contribution is 7.10. The number of thiophene rings is 1. The van der Waals surface area contributed by atoms with E-state index >= 15 is 0 Å². The summed E-state index contributed by atoms with van der Waals surface area (Å²) >= 11 is 1.58. The molecule has 120 valence electrons. The first-order valence-corrected chi connectivity index (χ1v) is 8.46. The molecule has 1 fully saturated rings. The number of carbonyl (C=O) groups excluding carboxylic acids is 1. The lowest BCUT2D eigenvalue weighted by Gasteiger charge is -2.25. The summed E-state index contributed by atoms with van der Waals surface area (Å²) in [7, 11) is 0. The third-order valence-corrected chi connectivity index (χ3v) is 4.48. The Balaban J connectivity index is 1.83. The number of nitrogens with zero attached hydrogens (tertiary/aromatic N) is 1. The molecule has 1 aromatic rings. The second kappa shape index (κ2) is 7.12. The molecule has 1 aromatic heterocycles. The molecule has 2 atom stereocenters. The summed E-state index contributed by atoms with van der Waals surface area (Å²) in [4.78, 5) is 13.0. The first-order valence-electron chi connectivity index (χ1n) is 7.58. The summed E-state index contributed by atoms with van der Waals surface area (Å²) in [6.07, 6.45) is 2.74. The maximum Gasteiger partial charge on any atom is 0.407 e. The third kappa shape index (κ3) is 5.00. The van der Waals surface area contributed by atoms with Gasteiger partial charge in [-0.1, -0.05) is 0 Å². The Bertz CT molecular complexity index is 556. The highest BCUT2D eigenvalue weighted by Gasteiger charge is 2.29. The van der Waals surface area contributed by atoms with Crippen LogP contribution < -0.4 is 10.6 Å². The topological polar surface area (TPSA) is 74.2 Å². The second-order valence-corrected chi connectivity index (χ2v) is 7.58. The second-order valence-electron chi connectivity index (χ2n) is 6.58. The summed E-state index contributed by atoms with van der Waals surface area (Å²) in [5.41, 5.74) is 0.229. The first kappa shape index (κ1) is 16.8. The molecule has 2 unspecified atom stereocenters. The zero-order valence-electron chi connectivity index (χ0n) is 13.3. The van der Waals surface area contributed by atoms with Crippen molar-refractivity contribution in [1.29, 1.82) is 5.26 Å². The van der Waals surface area contributed by atoms with E-state index in [9.17, 15) is 4.79 Å². The number of nitriles is 1. The molecule has 0 saturated heterocycles. The molecule has 5 nitrogen and oxygen atoms in total. The minimum atomic E-state index is -0.476. The van der Waals surface area contributed by atoms with Crippen LogP contribution in [-0.4, -0.2) is 23.8 Å². The fourth-order valence-electron chi connectivity index (χ4n) is 2.60. The maximum absolute atomic E-state index is 11.9. The van der Waals surface area contributed by atoms with Crippen LogP contribution in [0.2, 0.25) is 0 Å². The summed E-state index contributed by atoms with van der Waals surface area (Å²) < 4.78 is 5.32. The van der Waals surface area contributed by atoms with Gasteiger partial charge in [0.15, 0.2) is 0 Å². The van der Waals surface area contributed by atoms with Crippen molar-refractivity contribution in [2.45, 2.75) is 64.3 Å². The fraction of sp³-hybridized carbons (Fsp3) is 0.625. The highest BCUT2D eigenvalue weighted by Crippen LogP contribution is 2.21. The average molecular weight is 321 g/mol. The molecule has 0 radical (unpaired) electrons. The molecule has 1 heterocycles. The van der Waals surface area contributed by atoms with Crippen molar-refractivity contribution < 1.29 is 9.53 Å². The Morgan fingerprint density at radius 2 is 2.18 bits per heavy atom. The lowest BCUT2D eigenvalue weighted by molar-refractivity contribution is 0.0498. The van der Waals surface area contributed by atoms with Crippen LogP contribution in [0.15, 0.2) is 11.4 Å². The van der Waals surface area contributed by atoms with Crippen LogP contribution in [0.25, 0.3) is 0 Å². The molecule has 2 rings (SSSR count). The van der Waals surface area contributed by atoms with Gasteiger partial charge in [-0.3, -0.25) is 0 Å². The van der Waals surface area contributed by atoms with Gasteiger partial charge in [0.2, 0.25) is 0 Å². The molecule has 0 spiro atoms. The zero-order chi connectivity index (χ0) is 16.2. The zero-order valence-corrected chi connectivity index (χ0v) is 14.1. The van der Waals surface area contributed by atoms with Gasteiger partial charge in [0, 0.05) is 28.9 Å². The van der Waals surface area contributed by atoms with Crippen molar-refractivity contribution in [1.82, 2.24) is 10.6 Å². The predicted octanol–water partition coefficient (Wildman–Crippen LogP) is 3.16. The van der Waals surface area contributed by atoms with Crippen molar-refractivity contribution in [2.75, 3.05) is 0 Å². The monoisotopic (exact) mass is 321 g/mol. The minimum absolute atomic E-state index is 0.102. The molecule has 1 saturated carbocycles. The Morgan fingerprint density at radius 3 is 2.82 bits per heavy atom. The van der Waals surface area contributed by atoms with Gasteiger partial charge >= 0.3 is 6.09 Å². The molecule has 1 amide bonds. The van der Waals surface area contributed by atoms with E-state index in [1.165, 1.54) is 0 Å². The normalized spacial score (nSPS) is 21.4. The fourth-order valence-corrected chi connectivity index (χ4v) is 3.36. The van der Waals surface area contributed by atoms with Crippen molar-refractivity contribution in [2.24, 2.45) is 0 Å². The van der Waals surface area contributed by atoms with Crippen molar-refractivity contribution in [3.05, 3.63) is 21.9 Å². The molecule has 6 heteroatoms. The molecular formula is C16H23N3O2S. The van der Waals surface area contributed by atoms with E-state index in [4.69, 9.17) is 10.00 Å². The molecule has 1 aliphatic carbocycles. The summed E-state index contributed by atoms with van der Waals surface area (Å²) in [5, 5.41) is 17.2. The van der Waals surface area contributed by atoms with E-state index in [1.54, 1.807) is 11.3 Å². The average Bonchev–Trinajstić information content (AvgIpc) is 3.02. The smallest absolute Gasteiger partial charge is 0.407 e. The van der Waals surface area contributed by atoms with Gasteiger partial charge in [-0.15, -0.1) is 11.3 Å². The number of carbonyl (C=O) groups is 1. The standard InChI is InChI=1S/C16H23N3O2S/c1-16(2,3)21-15(20)19-14-6-4-5-13(14)18-9-12-7-11(8-17)10-22-12/h7,10,13-14,18H,4-6,9H2,1-3H3,(H,19,20). The molecule has 0 aliphatic heterocycles. The van der Waals surface area contributed by atoms with Gasteiger partial charge in [0.1, 0.15) is 11.7 Å². The summed E-state index contributed by atoms with van der Waals surface area (Å²) in [6.45, 7) is 6.31. The van der Waals surface area contributed by atoms with Crippen LogP contribution >= 0.6 is 11.3 Å². The van der Waals surface area contributed by atoms with Gasteiger partial charge in [-0.05, 0) is 46.1 Å². The molecule has 2 N–H and O–H groups in total. The number of alkyl carbamates (subject to hydrolysis) is 1. The third-order valence-electron chi connectivity index (χ3n) is 3.54. The summed E-state index contributed by atoms with van der Waals surface area (Å²) in [5.74, 6) is 0. The number of ether oxygens (including phenoxy) is 1. The van der Waals surface area contributed by atoms with E-state index < -0.39 is 5.60 Å². The number of nitrogens with one attached hydrogen (secondary N) is 2. The van der Waals surface area contributed by atoms with Gasteiger partial charge in [-0.2, -0.15) is 5.26 Å². The number of hydrogen-bond donors (Lipinski definition) is 2. The summed E-state index contributed by atoms with van der Waals surface area (Å²) in [6, 6.07) is 4.40. The lowest BCUT2D eigenvalue weighted by atomic mass is 10.1. The van der Waals surface area contributed by atoms with E-state index in [1.807, 2.05) is 32.2 Å². The van der Waals surface area contributed by atoms with Crippen LogP contribution in [0.3, 0.4) is 0 Å². The quantitative estimate of drug-likeness (QED) is 0.893. The minimum Gasteiger partial charge on any atom is -0.444 e. The van der Waals surface area contributed by atoms with Crippen LogP contribution in [0.4, 0.5) is 4.79 Å². The van der Waals surface area contributed by atoms with Gasteiger partial charge in [0.25, 0.3) is 0 Å². The first-order chi connectivity index (χ1) is 10.4. The number of hydrogen-bond acceptors (Lipinski definition) is 5. The van der Waals surface area contributed by atoms with Crippen molar-refractivity contribution in [3.8, 4) is 6.07 Å². The van der Waals surface area contributed by atoms with E-state index in [-0.39, 0.29) is 18.2 Å². The molecule has 1 aliphatic rings. The lowest BCUT2D eigenvalue weighted by Crippen LogP contribution is -2.47. The van der Waals surface area contributed by atoms with E-state index in [0.717, 1.165) is 30.7 Å². The van der Waals surface area contributed by atoms with E-state index in [0.29, 0.717) is 5.56 Å². The van der Waals surface area contributed by atoms with Crippen LogP contribution in [-0.2, 0) is 11.3 Å². The molecular weight excluding hydrogens is 298 g/mol. The molecule has 0 bridgehead atoms. The number of rotatable bonds is 4. The predicted molar refractivity (Wildman–Crippen MR) is 86.7 cm³/mol. The van der Waals surface area contributed by atoms with Crippen LogP contribution in [0, 0.1) is 11.3 Å². The van der Waals surface area contributed by atoms with Gasteiger partial charge in [0.05, 0.1) is 5.56 Å². The van der Waals surface area contributed by atoms with Crippen molar-refractivity contribution >= 4 is 17.4 Å². The number of amides is 1. The Labute approximate surface area is 135 Å².